The van der Waals surface area contributed by atoms with E-state index in [4.69, 9.17) is 10.5 Å². The lowest BCUT2D eigenvalue weighted by Gasteiger charge is -2.19. The fourth-order valence-corrected chi connectivity index (χ4v) is 3.13. The van der Waals surface area contributed by atoms with Crippen LogP contribution in [0.3, 0.4) is 0 Å². The van der Waals surface area contributed by atoms with Crippen LogP contribution in [-0.4, -0.2) is 65.5 Å². The number of thiol groups is 1. The summed E-state index contributed by atoms with van der Waals surface area (Å²) in [7, 11) is 0. The number of imidazole rings is 1. The van der Waals surface area contributed by atoms with Crippen molar-refractivity contribution in [3.63, 3.8) is 0 Å². The highest BCUT2D eigenvalue weighted by Crippen LogP contribution is 2.33. The highest BCUT2D eigenvalue weighted by molar-refractivity contribution is 7.80. The van der Waals surface area contributed by atoms with Gasteiger partial charge >= 0.3 is 0 Å². The Balaban J connectivity index is 2.04. The summed E-state index contributed by atoms with van der Waals surface area (Å²) >= 11 is 4.20. The van der Waals surface area contributed by atoms with Gasteiger partial charge in [0.25, 0.3) is 0 Å². The molecule has 0 spiro atoms. The molecule has 2 aromatic rings. The molecule has 5 N–H and O–H groups in total. The number of aromatic nitrogens is 4. The van der Waals surface area contributed by atoms with Crippen LogP contribution in [0, 0.1) is 0 Å². The van der Waals surface area contributed by atoms with Crippen molar-refractivity contribution in [2.24, 2.45) is 0 Å². The van der Waals surface area contributed by atoms with Crippen molar-refractivity contribution in [3.05, 3.63) is 12.2 Å². The van der Waals surface area contributed by atoms with E-state index in [1.165, 1.54) is 6.33 Å². The van der Waals surface area contributed by atoms with E-state index < -0.39 is 31.1 Å². The summed E-state index contributed by atoms with van der Waals surface area (Å²) in [6.45, 7) is -0.395. The Hall–Kier alpha value is -1.46. The van der Waals surface area contributed by atoms with E-state index in [2.05, 4.69) is 27.6 Å². The Morgan fingerprint density at radius 1 is 1.25 bits per heavy atom. The number of aliphatic hydroxyl groups is 3. The van der Waals surface area contributed by atoms with Crippen LogP contribution in [0.15, 0.2) is 6.33 Å². The third kappa shape index (κ3) is 2.95. The van der Waals surface area contributed by atoms with E-state index >= 15 is 0 Å². The molecule has 2 unspecified atom stereocenters. The second-order valence-electron chi connectivity index (χ2n) is 5.74. The molecular formula is C14H21N5O4S. The highest BCUT2D eigenvalue weighted by Gasteiger charge is 2.44. The minimum absolute atomic E-state index is 0.237. The van der Waals surface area contributed by atoms with Crippen LogP contribution < -0.4 is 5.73 Å². The summed E-state index contributed by atoms with van der Waals surface area (Å²) in [6, 6.07) is 0. The van der Waals surface area contributed by atoms with Gasteiger partial charge in [-0.05, 0) is 18.6 Å². The van der Waals surface area contributed by atoms with Crippen LogP contribution in [0.5, 0.6) is 0 Å². The van der Waals surface area contributed by atoms with E-state index in [0.29, 0.717) is 23.4 Å². The SMILES string of the molecule is Nc1ncnc2c1nc(CCCCS)n2[C@@H]1O[C@H](CO)C(O)C1O. The monoisotopic (exact) mass is 355 g/mol. The number of nitrogen functional groups attached to an aromatic ring is 1. The third-order valence-corrected chi connectivity index (χ3v) is 4.47. The predicted octanol–water partition coefficient (Wildman–Crippen LogP) is -0.728. The molecule has 132 valence electrons. The van der Waals surface area contributed by atoms with Crippen molar-refractivity contribution in [2.75, 3.05) is 18.1 Å². The van der Waals surface area contributed by atoms with Crippen LogP contribution in [0.2, 0.25) is 0 Å². The van der Waals surface area contributed by atoms with E-state index in [0.717, 1.165) is 18.6 Å². The fraction of sp³-hybridized carbons (Fsp3) is 0.643. The first-order chi connectivity index (χ1) is 11.6. The van der Waals surface area contributed by atoms with Gasteiger partial charge in [0, 0.05) is 6.42 Å². The van der Waals surface area contributed by atoms with E-state index in [-0.39, 0.29) is 5.82 Å². The third-order valence-electron chi connectivity index (χ3n) is 4.16. The average molecular weight is 355 g/mol. The summed E-state index contributed by atoms with van der Waals surface area (Å²) in [5, 5.41) is 29.7. The molecule has 0 aromatic carbocycles. The maximum absolute atomic E-state index is 10.3. The molecule has 0 bridgehead atoms. The Bertz CT molecular complexity index is 712. The second-order valence-corrected chi connectivity index (χ2v) is 6.19. The molecule has 3 rings (SSSR count). The van der Waals surface area contributed by atoms with E-state index in [1.807, 2.05) is 0 Å². The van der Waals surface area contributed by atoms with Crippen LogP contribution in [0.1, 0.15) is 24.9 Å². The molecular weight excluding hydrogens is 334 g/mol. The number of nitrogens with two attached hydrogens (primary N) is 1. The molecule has 4 atom stereocenters. The summed E-state index contributed by atoms with van der Waals surface area (Å²) in [5.74, 6) is 1.63. The molecule has 1 aliphatic heterocycles. The number of nitrogens with zero attached hydrogens (tertiary/aromatic N) is 4. The van der Waals surface area contributed by atoms with Crippen molar-refractivity contribution in [2.45, 2.75) is 43.8 Å². The van der Waals surface area contributed by atoms with Crippen LogP contribution in [0.4, 0.5) is 5.82 Å². The molecule has 0 saturated carbocycles. The number of anilines is 1. The van der Waals surface area contributed by atoms with Gasteiger partial charge < -0.3 is 25.8 Å². The van der Waals surface area contributed by atoms with Gasteiger partial charge in [-0.25, -0.2) is 15.0 Å². The van der Waals surface area contributed by atoms with Gasteiger partial charge in [-0.1, -0.05) is 0 Å². The van der Waals surface area contributed by atoms with E-state index in [1.54, 1.807) is 4.57 Å². The first kappa shape index (κ1) is 17.4. The molecule has 0 amide bonds. The lowest BCUT2D eigenvalue weighted by atomic mass is 10.1. The number of aliphatic hydroxyl groups excluding tert-OH is 3. The van der Waals surface area contributed by atoms with Crippen LogP contribution in [-0.2, 0) is 11.2 Å². The van der Waals surface area contributed by atoms with Crippen LogP contribution >= 0.6 is 12.6 Å². The summed E-state index contributed by atoms with van der Waals surface area (Å²) in [4.78, 5) is 12.6. The zero-order chi connectivity index (χ0) is 17.3. The minimum atomic E-state index is -1.21. The lowest BCUT2D eigenvalue weighted by Crippen LogP contribution is -2.33. The molecule has 1 saturated heterocycles. The molecule has 1 fully saturated rings. The predicted molar refractivity (Wildman–Crippen MR) is 89.5 cm³/mol. The Kier molecular flexibility index (Phi) is 5.21. The average Bonchev–Trinajstić information content (AvgIpc) is 3.07. The number of rotatable bonds is 6. The van der Waals surface area contributed by atoms with Crippen molar-refractivity contribution in [1.82, 2.24) is 19.5 Å². The molecule has 2 aromatic heterocycles. The van der Waals surface area contributed by atoms with Crippen molar-refractivity contribution in [1.29, 1.82) is 0 Å². The maximum Gasteiger partial charge on any atom is 0.167 e. The van der Waals surface area contributed by atoms with Crippen molar-refractivity contribution >= 4 is 29.6 Å². The van der Waals surface area contributed by atoms with Gasteiger partial charge in [-0.15, -0.1) is 0 Å². The van der Waals surface area contributed by atoms with Gasteiger partial charge in [0.1, 0.15) is 30.5 Å². The van der Waals surface area contributed by atoms with Gasteiger partial charge in [-0.2, -0.15) is 12.6 Å². The number of unbranched alkanes of at least 4 members (excludes halogenated alkanes) is 1. The quantitative estimate of drug-likeness (QED) is 0.338. The molecule has 3 heterocycles. The first-order valence-corrected chi connectivity index (χ1v) is 8.42. The standard InChI is InChI=1S/C14H21N5O4S/c15-12-9-13(17-6-16-12)19(8(18-9)3-1-2-4-24)14-11(22)10(21)7(5-20)23-14/h6-7,10-11,14,20-22,24H,1-5H2,(H2,15,16,17)/t7-,10?,11?,14-/m1/s1. The Labute approximate surface area is 143 Å². The molecule has 9 nitrogen and oxygen atoms in total. The fourth-order valence-electron chi connectivity index (χ4n) is 2.90. The maximum atomic E-state index is 10.3. The smallest absolute Gasteiger partial charge is 0.167 e. The Morgan fingerprint density at radius 2 is 2.04 bits per heavy atom. The summed E-state index contributed by atoms with van der Waals surface area (Å²) < 4.78 is 7.27. The highest BCUT2D eigenvalue weighted by atomic mass is 32.1. The number of aryl methyl sites for hydroxylation is 1. The topological polar surface area (TPSA) is 140 Å². The molecule has 0 radical (unpaired) electrons. The van der Waals surface area contributed by atoms with Gasteiger partial charge in [0.05, 0.1) is 6.61 Å². The minimum Gasteiger partial charge on any atom is -0.394 e. The zero-order valence-corrected chi connectivity index (χ0v) is 13.9. The number of fused-ring (bicyclic) bond motifs is 1. The number of ether oxygens (including phenoxy) is 1. The van der Waals surface area contributed by atoms with Crippen molar-refractivity contribution < 1.29 is 20.1 Å². The molecule has 1 aliphatic rings. The number of hydrogen-bond acceptors (Lipinski definition) is 9. The van der Waals surface area contributed by atoms with Gasteiger partial charge in [0.2, 0.25) is 0 Å². The van der Waals surface area contributed by atoms with Gasteiger partial charge in [0.15, 0.2) is 23.2 Å². The second kappa shape index (κ2) is 7.19. The lowest BCUT2D eigenvalue weighted by molar-refractivity contribution is -0.0522. The molecule has 24 heavy (non-hydrogen) atoms. The largest absolute Gasteiger partial charge is 0.394 e. The summed E-state index contributed by atoms with van der Waals surface area (Å²) in [6.07, 6.45) is -0.494. The summed E-state index contributed by atoms with van der Waals surface area (Å²) in [5.41, 5.74) is 6.73. The first-order valence-electron chi connectivity index (χ1n) is 7.79. The van der Waals surface area contributed by atoms with Gasteiger partial charge in [-0.3, -0.25) is 4.57 Å². The number of hydrogen-bond donors (Lipinski definition) is 5. The van der Waals surface area contributed by atoms with Crippen LogP contribution in [0.25, 0.3) is 11.2 Å². The molecule has 0 aliphatic carbocycles. The molecule has 10 heteroatoms. The van der Waals surface area contributed by atoms with Crippen molar-refractivity contribution in [3.8, 4) is 0 Å². The Morgan fingerprint density at radius 3 is 2.71 bits per heavy atom. The van der Waals surface area contributed by atoms with E-state index in [9.17, 15) is 15.3 Å². The zero-order valence-electron chi connectivity index (χ0n) is 13.0. The normalized spacial score (nSPS) is 27.2.